The van der Waals surface area contributed by atoms with Crippen LogP contribution in [0.4, 0.5) is 10.6 Å². The molecule has 6 nitrogen and oxygen atoms in total. The molecule has 4 N–H and O–H groups in total. The van der Waals surface area contributed by atoms with E-state index in [-0.39, 0.29) is 0 Å². The van der Waals surface area contributed by atoms with Crippen LogP contribution in [0.15, 0.2) is 23.3 Å². The first kappa shape index (κ1) is 14.9. The Morgan fingerprint density at radius 2 is 2.26 bits per heavy atom. The lowest BCUT2D eigenvalue weighted by atomic mass is 10.2. The Hall–Kier alpha value is -2.11. The van der Waals surface area contributed by atoms with Crippen molar-refractivity contribution >= 4 is 17.8 Å². The molecule has 0 bridgehead atoms. The molecule has 1 heterocycles. The van der Waals surface area contributed by atoms with Crippen LogP contribution in [0.2, 0.25) is 0 Å². The molecule has 19 heavy (non-hydrogen) atoms. The molecule has 0 aliphatic carbocycles. The quantitative estimate of drug-likeness (QED) is 0.431. The van der Waals surface area contributed by atoms with Crippen LogP contribution >= 0.6 is 0 Å². The minimum absolute atomic E-state index is 0.338. The first-order chi connectivity index (χ1) is 9.13. The van der Waals surface area contributed by atoms with E-state index >= 15 is 0 Å². The van der Waals surface area contributed by atoms with E-state index in [0.29, 0.717) is 18.3 Å². The van der Waals surface area contributed by atoms with Gasteiger partial charge >= 0.3 is 6.03 Å². The van der Waals surface area contributed by atoms with Gasteiger partial charge in [-0.25, -0.2) is 9.78 Å². The smallest absolute Gasteiger partial charge is 0.318 e. The van der Waals surface area contributed by atoms with Crippen LogP contribution in [-0.4, -0.2) is 23.5 Å². The zero-order valence-electron chi connectivity index (χ0n) is 11.4. The van der Waals surface area contributed by atoms with E-state index in [1.807, 2.05) is 19.1 Å². The highest BCUT2D eigenvalue weighted by molar-refractivity contribution is 6.03. The Bertz CT molecular complexity index is 444. The average molecular weight is 263 g/mol. The standard InChI is InChI=1S/C13H21N5O/c1-3-4-5-8-16-13(18-12(14)19)17-11-10(2)7-6-9-15-11/h6-7,9H,3-5,8H2,1-2H3,(H4,14,15,16,17,18,19). The third kappa shape index (κ3) is 5.85. The Balaban J connectivity index is 2.69. The lowest BCUT2D eigenvalue weighted by Gasteiger charge is -2.11. The normalized spacial score (nSPS) is 11.2. The van der Waals surface area contributed by atoms with Crippen LogP contribution in [0.25, 0.3) is 0 Å². The van der Waals surface area contributed by atoms with E-state index in [1.165, 1.54) is 0 Å². The molecule has 2 amide bonds. The summed E-state index contributed by atoms with van der Waals surface area (Å²) in [6.45, 7) is 4.69. The van der Waals surface area contributed by atoms with E-state index in [9.17, 15) is 4.79 Å². The van der Waals surface area contributed by atoms with Crippen LogP contribution in [0, 0.1) is 6.92 Å². The Labute approximate surface area is 113 Å². The van der Waals surface area contributed by atoms with E-state index in [1.54, 1.807) is 6.20 Å². The summed E-state index contributed by atoms with van der Waals surface area (Å²) in [6, 6.07) is 3.13. The molecule has 0 aliphatic rings. The summed E-state index contributed by atoms with van der Waals surface area (Å²) in [7, 11) is 0. The topological polar surface area (TPSA) is 92.4 Å². The number of hydrogen-bond acceptors (Lipinski definition) is 3. The summed E-state index contributed by atoms with van der Waals surface area (Å²) in [5.41, 5.74) is 6.09. The number of urea groups is 1. The fourth-order valence-corrected chi connectivity index (χ4v) is 1.51. The van der Waals surface area contributed by atoms with E-state index < -0.39 is 6.03 Å². The molecule has 104 valence electrons. The second-order valence-corrected chi connectivity index (χ2v) is 4.22. The molecule has 0 fully saturated rings. The lowest BCUT2D eigenvalue weighted by molar-refractivity contribution is 0.253. The van der Waals surface area contributed by atoms with Gasteiger partial charge in [0.1, 0.15) is 5.82 Å². The molecule has 1 rings (SSSR count). The summed E-state index contributed by atoms with van der Waals surface area (Å²) in [4.78, 5) is 19.4. The molecule has 0 saturated heterocycles. The van der Waals surface area contributed by atoms with Crippen molar-refractivity contribution in [2.24, 2.45) is 10.7 Å². The van der Waals surface area contributed by atoms with Crippen LogP contribution in [0.3, 0.4) is 0 Å². The molecule has 0 radical (unpaired) electrons. The van der Waals surface area contributed by atoms with Crippen molar-refractivity contribution in [3.63, 3.8) is 0 Å². The van der Waals surface area contributed by atoms with E-state index in [0.717, 1.165) is 24.8 Å². The number of hydrogen-bond donors (Lipinski definition) is 3. The second-order valence-electron chi connectivity index (χ2n) is 4.22. The highest BCUT2D eigenvalue weighted by Crippen LogP contribution is 2.08. The van der Waals surface area contributed by atoms with Gasteiger partial charge < -0.3 is 11.1 Å². The molecule has 0 unspecified atom stereocenters. The predicted octanol–water partition coefficient (Wildman–Crippen LogP) is 2.02. The minimum Gasteiger partial charge on any atom is -0.351 e. The number of aryl methyl sites for hydroxylation is 1. The van der Waals surface area contributed by atoms with Crippen LogP contribution in [0.5, 0.6) is 0 Å². The maximum absolute atomic E-state index is 10.9. The largest absolute Gasteiger partial charge is 0.351 e. The number of nitrogens with zero attached hydrogens (tertiary/aromatic N) is 2. The number of carbonyl (C=O) groups excluding carboxylic acids is 1. The maximum Gasteiger partial charge on any atom is 0.318 e. The number of amides is 2. The molecular weight excluding hydrogens is 242 g/mol. The number of nitrogens with one attached hydrogen (secondary N) is 2. The van der Waals surface area contributed by atoms with Gasteiger partial charge in [0, 0.05) is 12.7 Å². The fraction of sp³-hybridized carbons (Fsp3) is 0.462. The van der Waals surface area contributed by atoms with Gasteiger partial charge in [0.25, 0.3) is 0 Å². The summed E-state index contributed by atoms with van der Waals surface area (Å²) in [5, 5.41) is 5.45. The van der Waals surface area contributed by atoms with Crippen molar-refractivity contribution in [1.82, 2.24) is 10.3 Å². The number of anilines is 1. The summed E-state index contributed by atoms with van der Waals surface area (Å²) in [5.74, 6) is 0.996. The summed E-state index contributed by atoms with van der Waals surface area (Å²) >= 11 is 0. The molecule has 0 saturated carbocycles. The minimum atomic E-state index is -0.643. The highest BCUT2D eigenvalue weighted by Gasteiger charge is 2.05. The molecule has 0 spiro atoms. The zero-order chi connectivity index (χ0) is 14.1. The first-order valence-electron chi connectivity index (χ1n) is 6.43. The lowest BCUT2D eigenvalue weighted by Crippen LogP contribution is -2.40. The van der Waals surface area contributed by atoms with Crippen LogP contribution in [-0.2, 0) is 0 Å². The van der Waals surface area contributed by atoms with Gasteiger partial charge in [0.15, 0.2) is 0 Å². The van der Waals surface area contributed by atoms with E-state index in [4.69, 9.17) is 5.73 Å². The third-order valence-corrected chi connectivity index (χ3v) is 2.52. The molecule has 1 aromatic rings. The Kier molecular flexibility index (Phi) is 6.35. The number of aromatic nitrogens is 1. The summed E-state index contributed by atoms with van der Waals surface area (Å²) < 4.78 is 0. The molecule has 0 atom stereocenters. The average Bonchev–Trinajstić information content (AvgIpc) is 2.36. The number of primary amides is 1. The van der Waals surface area contributed by atoms with Crippen molar-refractivity contribution < 1.29 is 4.79 Å². The first-order valence-corrected chi connectivity index (χ1v) is 6.43. The molecule has 0 aliphatic heterocycles. The monoisotopic (exact) mass is 263 g/mol. The van der Waals surface area contributed by atoms with Crippen molar-refractivity contribution in [3.05, 3.63) is 23.9 Å². The van der Waals surface area contributed by atoms with Crippen LogP contribution < -0.4 is 16.4 Å². The fourth-order valence-electron chi connectivity index (χ4n) is 1.51. The van der Waals surface area contributed by atoms with Crippen molar-refractivity contribution in [2.75, 3.05) is 11.9 Å². The van der Waals surface area contributed by atoms with Crippen molar-refractivity contribution in [1.29, 1.82) is 0 Å². The van der Waals surface area contributed by atoms with Gasteiger partial charge in [-0.1, -0.05) is 25.8 Å². The summed E-state index contributed by atoms with van der Waals surface area (Å²) in [6.07, 6.45) is 4.88. The molecule has 6 heteroatoms. The van der Waals surface area contributed by atoms with Crippen molar-refractivity contribution in [3.8, 4) is 0 Å². The van der Waals surface area contributed by atoms with Crippen molar-refractivity contribution in [2.45, 2.75) is 33.1 Å². The zero-order valence-corrected chi connectivity index (χ0v) is 11.4. The SMILES string of the molecule is CCCCCN=C(NC(N)=O)Nc1ncccc1C. The van der Waals surface area contributed by atoms with Gasteiger partial charge in [-0.3, -0.25) is 10.3 Å². The maximum atomic E-state index is 10.9. The number of guanidine groups is 1. The number of pyridine rings is 1. The van der Waals surface area contributed by atoms with Gasteiger partial charge in [-0.05, 0) is 25.0 Å². The third-order valence-electron chi connectivity index (χ3n) is 2.52. The second kappa shape index (κ2) is 8.07. The molecule has 1 aromatic heterocycles. The molecular formula is C13H21N5O. The Morgan fingerprint density at radius 3 is 2.89 bits per heavy atom. The predicted molar refractivity (Wildman–Crippen MR) is 77.1 cm³/mol. The number of nitrogens with two attached hydrogens (primary N) is 1. The Morgan fingerprint density at radius 1 is 1.47 bits per heavy atom. The van der Waals surface area contributed by atoms with Gasteiger partial charge in [-0.15, -0.1) is 0 Å². The van der Waals surface area contributed by atoms with Gasteiger partial charge in [0.05, 0.1) is 0 Å². The van der Waals surface area contributed by atoms with Gasteiger partial charge in [0.2, 0.25) is 5.96 Å². The van der Waals surface area contributed by atoms with Gasteiger partial charge in [-0.2, -0.15) is 0 Å². The molecule has 0 aromatic carbocycles. The number of carbonyl (C=O) groups is 1. The number of aliphatic imine (C=N–C) groups is 1. The number of unbranched alkanes of at least 4 members (excludes halogenated alkanes) is 2. The van der Waals surface area contributed by atoms with Crippen LogP contribution in [0.1, 0.15) is 31.7 Å². The number of rotatable bonds is 5. The van der Waals surface area contributed by atoms with E-state index in [2.05, 4.69) is 27.5 Å². The highest BCUT2D eigenvalue weighted by atomic mass is 16.2.